The van der Waals surface area contributed by atoms with Crippen molar-refractivity contribution in [3.63, 3.8) is 0 Å². The standard InChI is InChI=1S/C7H5NS.2Zn/c1-2-4-7-6(3-1)8-5-9-7;;/h1-5H;;. The number of benzene rings is 1. The number of hydrogen-bond donors (Lipinski definition) is 0. The SMILES string of the molecule is [Zn].[Zn].c1ccc2scnc2c1. The molecule has 1 heterocycles. The predicted octanol–water partition coefficient (Wildman–Crippen LogP) is 2.29. The van der Waals surface area contributed by atoms with E-state index < -0.39 is 0 Å². The minimum atomic E-state index is 0. The van der Waals surface area contributed by atoms with Crippen molar-refractivity contribution in [1.82, 2.24) is 4.98 Å². The van der Waals surface area contributed by atoms with Gasteiger partial charge in [0.05, 0.1) is 15.7 Å². The zero-order valence-corrected chi connectivity index (χ0v) is 12.9. The smallest absolute Gasteiger partial charge is 0.0812 e. The molecular formula is C7H5NSZn2. The van der Waals surface area contributed by atoms with Gasteiger partial charge < -0.3 is 0 Å². The van der Waals surface area contributed by atoms with E-state index in [0.29, 0.717) is 0 Å². The third-order valence-corrected chi connectivity index (χ3v) is 2.05. The molecule has 1 nitrogen and oxygen atoms in total. The number of fused-ring (bicyclic) bond motifs is 1. The van der Waals surface area contributed by atoms with E-state index in [1.54, 1.807) is 11.3 Å². The van der Waals surface area contributed by atoms with Crippen LogP contribution in [-0.4, -0.2) is 4.98 Å². The van der Waals surface area contributed by atoms with Crippen molar-refractivity contribution < 1.29 is 39.0 Å². The second kappa shape index (κ2) is 5.08. The van der Waals surface area contributed by atoms with Crippen LogP contribution in [-0.2, 0) is 39.0 Å². The summed E-state index contributed by atoms with van der Waals surface area (Å²) in [7, 11) is 0. The Kier molecular flexibility index (Phi) is 5.25. The molecule has 0 saturated heterocycles. The fourth-order valence-electron chi connectivity index (χ4n) is 0.803. The number of rotatable bonds is 0. The predicted molar refractivity (Wildman–Crippen MR) is 39.6 cm³/mol. The van der Waals surface area contributed by atoms with Crippen LogP contribution in [0.2, 0.25) is 0 Å². The third kappa shape index (κ3) is 2.40. The minimum Gasteiger partial charge on any atom is -0.245 e. The first kappa shape index (κ1) is 11.4. The van der Waals surface area contributed by atoms with E-state index in [0.717, 1.165) is 5.52 Å². The Morgan fingerprint density at radius 2 is 1.82 bits per heavy atom. The summed E-state index contributed by atoms with van der Waals surface area (Å²) in [4.78, 5) is 4.14. The summed E-state index contributed by atoms with van der Waals surface area (Å²) >= 11 is 1.68. The van der Waals surface area contributed by atoms with Gasteiger partial charge in [0.2, 0.25) is 0 Å². The van der Waals surface area contributed by atoms with Crippen LogP contribution in [0.25, 0.3) is 10.2 Å². The molecule has 0 atom stereocenters. The van der Waals surface area contributed by atoms with Gasteiger partial charge in [-0.15, -0.1) is 11.3 Å². The van der Waals surface area contributed by atoms with E-state index in [2.05, 4.69) is 11.1 Å². The first-order valence-electron chi connectivity index (χ1n) is 2.75. The van der Waals surface area contributed by atoms with E-state index >= 15 is 0 Å². The van der Waals surface area contributed by atoms with Crippen LogP contribution in [0.4, 0.5) is 0 Å². The summed E-state index contributed by atoms with van der Waals surface area (Å²) in [5.41, 5.74) is 2.97. The van der Waals surface area contributed by atoms with E-state index in [1.165, 1.54) is 4.70 Å². The van der Waals surface area contributed by atoms with Gasteiger partial charge in [0, 0.05) is 39.0 Å². The molecule has 0 aliphatic rings. The molecule has 0 amide bonds. The zero-order valence-electron chi connectivity index (χ0n) is 6.16. The number of thiazole rings is 1. The topological polar surface area (TPSA) is 12.9 Å². The van der Waals surface area contributed by atoms with Crippen LogP contribution in [0, 0.1) is 0 Å². The maximum atomic E-state index is 4.14. The molecular weight excluding hydrogens is 261 g/mol. The Labute approximate surface area is 94.7 Å². The van der Waals surface area contributed by atoms with Crippen LogP contribution in [0.1, 0.15) is 0 Å². The second-order valence-electron chi connectivity index (χ2n) is 1.82. The quantitative estimate of drug-likeness (QED) is 0.666. The Balaban J connectivity index is 0.000000500. The van der Waals surface area contributed by atoms with Crippen LogP contribution in [0.5, 0.6) is 0 Å². The largest absolute Gasteiger partial charge is 0.245 e. The number of nitrogens with zero attached hydrogens (tertiary/aromatic N) is 1. The molecule has 2 rings (SSSR count). The molecule has 0 spiro atoms. The summed E-state index contributed by atoms with van der Waals surface area (Å²) < 4.78 is 1.26. The zero-order chi connectivity index (χ0) is 6.10. The van der Waals surface area contributed by atoms with Gasteiger partial charge >= 0.3 is 0 Å². The third-order valence-electron chi connectivity index (χ3n) is 1.24. The average molecular weight is 266 g/mol. The second-order valence-corrected chi connectivity index (χ2v) is 2.71. The number of aromatic nitrogens is 1. The molecule has 48 valence electrons. The van der Waals surface area contributed by atoms with Crippen molar-refractivity contribution in [2.24, 2.45) is 0 Å². The maximum absolute atomic E-state index is 4.14. The summed E-state index contributed by atoms with van der Waals surface area (Å²) in [5.74, 6) is 0. The van der Waals surface area contributed by atoms with Gasteiger partial charge in [-0.3, -0.25) is 0 Å². The molecule has 0 saturated carbocycles. The molecule has 1 aromatic heterocycles. The van der Waals surface area contributed by atoms with Gasteiger partial charge in [0.25, 0.3) is 0 Å². The van der Waals surface area contributed by atoms with Crippen molar-refractivity contribution in [2.45, 2.75) is 0 Å². The van der Waals surface area contributed by atoms with Crippen molar-refractivity contribution >= 4 is 21.6 Å². The molecule has 0 N–H and O–H groups in total. The first-order chi connectivity index (χ1) is 4.47. The minimum absolute atomic E-state index is 0. The van der Waals surface area contributed by atoms with Crippen molar-refractivity contribution in [3.8, 4) is 0 Å². The molecule has 2 aromatic rings. The van der Waals surface area contributed by atoms with Crippen molar-refractivity contribution in [3.05, 3.63) is 29.8 Å². The molecule has 0 radical (unpaired) electrons. The van der Waals surface area contributed by atoms with Gasteiger partial charge in [-0.05, 0) is 12.1 Å². The summed E-state index contributed by atoms with van der Waals surface area (Å²) in [6.07, 6.45) is 0. The first-order valence-corrected chi connectivity index (χ1v) is 3.63. The van der Waals surface area contributed by atoms with Crippen LogP contribution in [0.15, 0.2) is 29.8 Å². The van der Waals surface area contributed by atoms with Crippen molar-refractivity contribution in [1.29, 1.82) is 0 Å². The Morgan fingerprint density at radius 3 is 2.55 bits per heavy atom. The summed E-state index contributed by atoms with van der Waals surface area (Å²) in [6, 6.07) is 8.13. The number of para-hydroxylation sites is 1. The molecule has 11 heavy (non-hydrogen) atoms. The maximum Gasteiger partial charge on any atom is 0.0812 e. The van der Waals surface area contributed by atoms with Gasteiger partial charge in [-0.25, -0.2) is 4.98 Å². The number of hydrogen-bond acceptors (Lipinski definition) is 2. The van der Waals surface area contributed by atoms with Crippen LogP contribution in [0.3, 0.4) is 0 Å². The molecule has 4 heteroatoms. The molecule has 0 unspecified atom stereocenters. The van der Waals surface area contributed by atoms with Gasteiger partial charge in [0.15, 0.2) is 0 Å². The van der Waals surface area contributed by atoms with Gasteiger partial charge in [-0.1, -0.05) is 12.1 Å². The van der Waals surface area contributed by atoms with Crippen molar-refractivity contribution in [2.75, 3.05) is 0 Å². The van der Waals surface area contributed by atoms with E-state index in [-0.39, 0.29) is 39.0 Å². The monoisotopic (exact) mass is 263 g/mol. The van der Waals surface area contributed by atoms with Crippen LogP contribution >= 0.6 is 11.3 Å². The summed E-state index contributed by atoms with van der Waals surface area (Å²) in [5, 5.41) is 0. The van der Waals surface area contributed by atoms with E-state index in [9.17, 15) is 0 Å². The molecule has 0 aliphatic heterocycles. The molecule has 0 bridgehead atoms. The normalized spacial score (nSPS) is 8.36. The molecule has 0 fully saturated rings. The van der Waals surface area contributed by atoms with Gasteiger partial charge in [-0.2, -0.15) is 0 Å². The summed E-state index contributed by atoms with van der Waals surface area (Å²) in [6.45, 7) is 0. The Hall–Kier alpha value is 0.357. The van der Waals surface area contributed by atoms with Gasteiger partial charge in [0.1, 0.15) is 0 Å². The average Bonchev–Trinajstić information content (AvgIpc) is 2.33. The Morgan fingerprint density at radius 1 is 1.09 bits per heavy atom. The van der Waals surface area contributed by atoms with E-state index in [4.69, 9.17) is 0 Å². The molecule has 1 aromatic carbocycles. The van der Waals surface area contributed by atoms with Crippen LogP contribution < -0.4 is 0 Å². The van der Waals surface area contributed by atoms with E-state index in [1.807, 2.05) is 23.7 Å². The fraction of sp³-hybridized carbons (Fsp3) is 0. The Bertz CT molecular complexity index is 290. The fourth-order valence-corrected chi connectivity index (χ4v) is 1.48. The molecule has 0 aliphatic carbocycles.